The first-order valence-corrected chi connectivity index (χ1v) is 12.2. The Morgan fingerprint density at radius 1 is 1.07 bits per heavy atom. The lowest BCUT2D eigenvalue weighted by atomic mass is 10.2. The Bertz CT molecular complexity index is 1270. The summed E-state index contributed by atoms with van der Waals surface area (Å²) in [7, 11) is -2.50. The van der Waals surface area contributed by atoms with Crippen molar-refractivity contribution in [2.24, 2.45) is 0 Å². The van der Waals surface area contributed by atoms with Crippen LogP contribution in [-0.4, -0.2) is 31.9 Å². The van der Waals surface area contributed by atoms with Crippen LogP contribution in [0.1, 0.15) is 0 Å². The minimum absolute atomic E-state index is 0.0484. The van der Waals surface area contributed by atoms with Crippen LogP contribution >= 0.6 is 23.1 Å². The molecule has 10 heteroatoms. The Kier molecular flexibility index (Phi) is 5.63. The molecule has 0 spiro atoms. The van der Waals surface area contributed by atoms with E-state index in [9.17, 15) is 12.8 Å². The zero-order valence-electron chi connectivity index (χ0n) is 15.9. The Morgan fingerprint density at radius 3 is 2.43 bits per heavy atom. The monoisotopic (exact) mass is 461 g/mol. The van der Waals surface area contributed by atoms with E-state index in [1.54, 1.807) is 17.1 Å². The van der Waals surface area contributed by atoms with E-state index in [4.69, 9.17) is 4.52 Å². The first kappa shape index (κ1) is 20.6. The molecule has 0 saturated heterocycles. The molecule has 0 unspecified atom stereocenters. The minimum atomic E-state index is -3.91. The number of rotatable bonds is 6. The van der Waals surface area contributed by atoms with E-state index in [0.717, 1.165) is 14.8 Å². The average Bonchev–Trinajstić information content (AvgIpc) is 3.43. The van der Waals surface area contributed by atoms with E-state index in [-0.39, 0.29) is 10.8 Å². The smallest absolute Gasteiger partial charge is 0.269 e. The summed E-state index contributed by atoms with van der Waals surface area (Å²) in [4.78, 5) is 5.90. The summed E-state index contributed by atoms with van der Waals surface area (Å²) in [6, 6.07) is 14.4. The molecule has 4 aromatic rings. The number of aromatic nitrogens is 2. The van der Waals surface area contributed by atoms with Crippen molar-refractivity contribution in [1.82, 2.24) is 10.1 Å². The molecule has 0 atom stereocenters. The van der Waals surface area contributed by atoms with Crippen LogP contribution in [0.4, 0.5) is 10.1 Å². The van der Waals surface area contributed by atoms with Crippen molar-refractivity contribution in [3.8, 4) is 22.2 Å². The molecule has 4 rings (SSSR count). The number of sulfonamides is 1. The van der Waals surface area contributed by atoms with Gasteiger partial charge in [0.15, 0.2) is 0 Å². The van der Waals surface area contributed by atoms with Crippen molar-refractivity contribution >= 4 is 38.8 Å². The molecule has 0 radical (unpaired) electrons. The zero-order valence-corrected chi connectivity index (χ0v) is 18.4. The minimum Gasteiger partial charge on any atom is -0.333 e. The largest absolute Gasteiger partial charge is 0.333 e. The zero-order chi connectivity index (χ0) is 21.3. The number of anilines is 1. The van der Waals surface area contributed by atoms with Gasteiger partial charge in [-0.05, 0) is 66.2 Å². The van der Waals surface area contributed by atoms with Gasteiger partial charge in [-0.3, -0.25) is 4.31 Å². The molecular formula is C20H16FN3O3S3. The van der Waals surface area contributed by atoms with Crippen LogP contribution in [-0.2, 0) is 10.0 Å². The van der Waals surface area contributed by atoms with Gasteiger partial charge in [-0.15, -0.1) is 23.1 Å². The number of nitrogens with zero attached hydrogens (tertiary/aromatic N) is 3. The second-order valence-electron chi connectivity index (χ2n) is 6.21. The highest BCUT2D eigenvalue weighted by molar-refractivity contribution is 7.98. The van der Waals surface area contributed by atoms with Crippen LogP contribution in [0.25, 0.3) is 22.2 Å². The Hall–Kier alpha value is -2.69. The molecule has 0 aliphatic rings. The molecule has 154 valence electrons. The van der Waals surface area contributed by atoms with E-state index < -0.39 is 15.8 Å². The summed E-state index contributed by atoms with van der Waals surface area (Å²) >= 11 is 2.82. The molecular weight excluding hydrogens is 445 g/mol. The lowest BCUT2D eigenvalue weighted by Gasteiger charge is -2.19. The molecule has 2 aromatic heterocycles. The molecule has 30 heavy (non-hydrogen) atoms. The quantitative estimate of drug-likeness (QED) is 0.370. The number of hydrogen-bond acceptors (Lipinski definition) is 7. The highest BCUT2D eigenvalue weighted by Gasteiger charge is 2.28. The van der Waals surface area contributed by atoms with Gasteiger partial charge < -0.3 is 4.52 Å². The van der Waals surface area contributed by atoms with Gasteiger partial charge in [0.1, 0.15) is 15.6 Å². The number of benzene rings is 2. The van der Waals surface area contributed by atoms with E-state index in [1.807, 2.05) is 30.5 Å². The normalized spacial score (nSPS) is 11.6. The number of halogens is 1. The predicted molar refractivity (Wildman–Crippen MR) is 117 cm³/mol. The summed E-state index contributed by atoms with van der Waals surface area (Å²) in [5, 5.41) is 5.65. The van der Waals surface area contributed by atoms with E-state index in [2.05, 4.69) is 10.1 Å². The molecule has 0 bridgehead atoms. The molecule has 0 fully saturated rings. The van der Waals surface area contributed by atoms with Crippen molar-refractivity contribution in [3.05, 3.63) is 65.8 Å². The van der Waals surface area contributed by atoms with Crippen molar-refractivity contribution in [2.45, 2.75) is 9.79 Å². The summed E-state index contributed by atoms with van der Waals surface area (Å²) < 4.78 is 46.0. The van der Waals surface area contributed by atoms with Crippen LogP contribution in [0, 0.1) is 5.82 Å². The maximum Gasteiger partial charge on any atom is 0.269 e. The first-order valence-electron chi connectivity index (χ1n) is 8.70. The van der Waals surface area contributed by atoms with E-state index in [1.165, 1.54) is 48.7 Å². The van der Waals surface area contributed by atoms with Gasteiger partial charge in [0, 0.05) is 17.5 Å². The molecule has 0 aliphatic heterocycles. The lowest BCUT2D eigenvalue weighted by Crippen LogP contribution is -2.26. The first-order chi connectivity index (χ1) is 14.4. The van der Waals surface area contributed by atoms with Gasteiger partial charge in [0.2, 0.25) is 5.82 Å². The summed E-state index contributed by atoms with van der Waals surface area (Å²) in [6.45, 7) is 0. The van der Waals surface area contributed by atoms with Crippen molar-refractivity contribution in [1.29, 1.82) is 0 Å². The third kappa shape index (κ3) is 3.85. The second-order valence-corrected chi connectivity index (χ2v) is 9.95. The maximum atomic E-state index is 13.2. The van der Waals surface area contributed by atoms with Gasteiger partial charge in [0.05, 0.1) is 5.69 Å². The fourth-order valence-electron chi connectivity index (χ4n) is 2.77. The molecule has 0 aliphatic carbocycles. The third-order valence-electron chi connectivity index (χ3n) is 4.43. The van der Waals surface area contributed by atoms with Crippen LogP contribution in [0.15, 0.2) is 74.3 Å². The Balaban J connectivity index is 1.67. The number of hydrogen-bond donors (Lipinski definition) is 0. The number of thioether (sulfide) groups is 1. The fourth-order valence-corrected chi connectivity index (χ4v) is 5.69. The fraction of sp³-hybridized carbons (Fsp3) is 0.100. The molecule has 0 saturated carbocycles. The third-order valence-corrected chi connectivity index (χ3v) is 8.03. The van der Waals surface area contributed by atoms with Crippen LogP contribution in [0.3, 0.4) is 0 Å². The Labute approximate surface area is 181 Å². The molecule has 2 heterocycles. The highest BCUT2D eigenvalue weighted by atomic mass is 32.2. The van der Waals surface area contributed by atoms with Crippen molar-refractivity contribution in [3.63, 3.8) is 0 Å². The molecule has 2 aromatic carbocycles. The predicted octanol–water partition coefficient (Wildman–Crippen LogP) is 5.15. The lowest BCUT2D eigenvalue weighted by molar-refractivity contribution is 0.432. The summed E-state index contributed by atoms with van der Waals surface area (Å²) in [6.07, 6.45) is 1.99. The molecule has 6 nitrogen and oxygen atoms in total. The SMILES string of the molecule is CSc1ccc(-c2noc(-c3sccc3S(=O)(=O)N(C)c3ccc(F)cc3)n2)cc1. The maximum absolute atomic E-state index is 13.2. The van der Waals surface area contributed by atoms with Crippen LogP contribution < -0.4 is 4.31 Å². The summed E-state index contributed by atoms with van der Waals surface area (Å²) in [5.41, 5.74) is 1.11. The molecule has 0 amide bonds. The second kappa shape index (κ2) is 8.21. The standard InChI is InChI=1S/C20H16FN3O3S3/c1-24(15-7-5-14(21)6-8-15)30(25,26)17-11-12-29-18(17)20-22-19(23-27-20)13-3-9-16(28-2)10-4-13/h3-12H,1-2H3. The number of thiophene rings is 1. The highest BCUT2D eigenvalue weighted by Crippen LogP contribution is 2.35. The van der Waals surface area contributed by atoms with Gasteiger partial charge in [-0.1, -0.05) is 5.16 Å². The van der Waals surface area contributed by atoms with E-state index in [0.29, 0.717) is 16.4 Å². The molecule has 0 N–H and O–H groups in total. The van der Waals surface area contributed by atoms with Gasteiger partial charge in [0.25, 0.3) is 15.9 Å². The van der Waals surface area contributed by atoms with Crippen LogP contribution in [0.5, 0.6) is 0 Å². The van der Waals surface area contributed by atoms with Gasteiger partial charge >= 0.3 is 0 Å². The van der Waals surface area contributed by atoms with Crippen molar-refractivity contribution < 1.29 is 17.3 Å². The average molecular weight is 462 g/mol. The van der Waals surface area contributed by atoms with Crippen LogP contribution in [0.2, 0.25) is 0 Å². The topological polar surface area (TPSA) is 76.3 Å². The van der Waals surface area contributed by atoms with Gasteiger partial charge in [-0.2, -0.15) is 4.98 Å². The van der Waals surface area contributed by atoms with E-state index >= 15 is 0 Å². The summed E-state index contributed by atoms with van der Waals surface area (Å²) in [5.74, 6) is 0.0611. The van der Waals surface area contributed by atoms with Gasteiger partial charge in [-0.25, -0.2) is 12.8 Å². The Morgan fingerprint density at radius 2 is 1.77 bits per heavy atom. The van der Waals surface area contributed by atoms with Crippen molar-refractivity contribution in [2.75, 3.05) is 17.6 Å².